The van der Waals surface area contributed by atoms with Crippen LogP contribution < -0.4 is 9.64 Å². The number of rotatable bonds is 5. The fourth-order valence-corrected chi connectivity index (χ4v) is 4.57. The Labute approximate surface area is 181 Å². The van der Waals surface area contributed by atoms with Gasteiger partial charge in [0.1, 0.15) is 17.6 Å². The van der Waals surface area contributed by atoms with E-state index >= 15 is 0 Å². The van der Waals surface area contributed by atoms with Crippen molar-refractivity contribution in [3.63, 3.8) is 0 Å². The molecule has 5 rings (SSSR count). The van der Waals surface area contributed by atoms with E-state index in [1.165, 1.54) is 24.2 Å². The minimum absolute atomic E-state index is 0.0610. The molecule has 0 spiro atoms. The zero-order valence-electron chi connectivity index (χ0n) is 17.8. The summed E-state index contributed by atoms with van der Waals surface area (Å²) in [5.41, 5.74) is 3.78. The molecule has 7 nitrogen and oxygen atoms in total. The summed E-state index contributed by atoms with van der Waals surface area (Å²) in [4.78, 5) is 22.9. The summed E-state index contributed by atoms with van der Waals surface area (Å²) < 4.78 is 5.28. The summed E-state index contributed by atoms with van der Waals surface area (Å²) in [5, 5.41) is 6.46. The van der Waals surface area contributed by atoms with E-state index in [9.17, 15) is 4.79 Å². The van der Waals surface area contributed by atoms with Crippen LogP contribution in [0.5, 0.6) is 5.75 Å². The molecule has 0 bridgehead atoms. The predicted molar refractivity (Wildman–Crippen MR) is 119 cm³/mol. The molecule has 1 amide bonds. The largest absolute Gasteiger partial charge is 0.497 e. The minimum atomic E-state index is -0.221. The first-order valence-corrected chi connectivity index (χ1v) is 11.0. The van der Waals surface area contributed by atoms with Gasteiger partial charge in [-0.15, -0.1) is 0 Å². The molecule has 0 saturated carbocycles. The van der Waals surface area contributed by atoms with Crippen LogP contribution in [0.2, 0.25) is 0 Å². The highest BCUT2D eigenvalue weighted by molar-refractivity contribution is 6.03. The lowest BCUT2D eigenvalue weighted by Crippen LogP contribution is -3.13. The first-order valence-electron chi connectivity index (χ1n) is 11.0. The van der Waals surface area contributed by atoms with Gasteiger partial charge in [-0.3, -0.25) is 4.79 Å². The molecule has 1 aromatic heterocycles. The van der Waals surface area contributed by atoms with Crippen LogP contribution in [0.15, 0.2) is 53.6 Å². The molecule has 3 heterocycles. The molecule has 0 radical (unpaired) electrons. The van der Waals surface area contributed by atoms with Crippen molar-refractivity contribution in [2.75, 3.05) is 26.7 Å². The highest BCUT2D eigenvalue weighted by atomic mass is 16.5. The Balaban J connectivity index is 1.45. The average molecular weight is 419 g/mol. The number of methoxy groups -OCH3 is 1. The van der Waals surface area contributed by atoms with Crippen molar-refractivity contribution in [1.29, 1.82) is 0 Å². The normalized spacial score (nSPS) is 19.6. The summed E-state index contributed by atoms with van der Waals surface area (Å²) in [5.74, 6) is 1.65. The predicted octanol–water partition coefficient (Wildman–Crippen LogP) is 2.32. The number of likely N-dealkylation sites (tertiary alicyclic amines) is 1. The number of nitrogens with zero attached hydrogens (tertiary/aromatic N) is 3. The number of para-hydroxylation sites is 2. The number of piperidine rings is 1. The average Bonchev–Trinajstić information content (AvgIpc) is 3.44. The number of benzene rings is 2. The van der Waals surface area contributed by atoms with Crippen molar-refractivity contribution in [2.45, 2.75) is 31.7 Å². The lowest BCUT2D eigenvalue weighted by Gasteiger charge is -2.26. The molecule has 2 aliphatic rings. The van der Waals surface area contributed by atoms with Crippen molar-refractivity contribution in [3.8, 4) is 5.75 Å². The Morgan fingerprint density at radius 3 is 2.65 bits per heavy atom. The number of carbonyl (C=O) groups excluding carboxylic acids is 1. The SMILES string of the molecule is COc1ccc(C2=NN(C(=O)C[NH+]3CCCCC3)[C@H](c3nc4ccccc4[nH]3)C2)cc1. The lowest BCUT2D eigenvalue weighted by atomic mass is 10.0. The van der Waals surface area contributed by atoms with E-state index in [-0.39, 0.29) is 11.9 Å². The van der Waals surface area contributed by atoms with Crippen molar-refractivity contribution in [3.05, 3.63) is 59.9 Å². The van der Waals surface area contributed by atoms with Gasteiger partial charge >= 0.3 is 0 Å². The molecule has 7 heteroatoms. The second-order valence-corrected chi connectivity index (χ2v) is 8.36. The molecule has 0 unspecified atom stereocenters. The lowest BCUT2D eigenvalue weighted by molar-refractivity contribution is -0.897. The van der Waals surface area contributed by atoms with Gasteiger partial charge in [-0.05, 0) is 61.2 Å². The third-order valence-corrected chi connectivity index (χ3v) is 6.27. The molecule has 2 aromatic carbocycles. The van der Waals surface area contributed by atoms with Crippen LogP contribution in [0, 0.1) is 0 Å². The number of quaternary nitrogens is 1. The van der Waals surface area contributed by atoms with Crippen LogP contribution >= 0.6 is 0 Å². The molecular formula is C24H28N5O2+. The quantitative estimate of drug-likeness (QED) is 0.668. The Bertz CT molecular complexity index is 1070. The fraction of sp³-hybridized carbons (Fsp3) is 0.375. The van der Waals surface area contributed by atoms with Gasteiger partial charge in [0.05, 0.1) is 36.9 Å². The molecule has 3 aromatic rings. The molecule has 1 saturated heterocycles. The van der Waals surface area contributed by atoms with E-state index in [1.54, 1.807) is 12.1 Å². The van der Waals surface area contributed by atoms with Crippen LogP contribution in [-0.4, -0.2) is 53.3 Å². The molecule has 2 aliphatic heterocycles. The topological polar surface area (TPSA) is 75.0 Å². The van der Waals surface area contributed by atoms with Gasteiger partial charge in [-0.25, -0.2) is 9.99 Å². The van der Waals surface area contributed by atoms with Crippen LogP contribution in [0.3, 0.4) is 0 Å². The van der Waals surface area contributed by atoms with Gasteiger partial charge in [-0.2, -0.15) is 5.10 Å². The number of hydrogen-bond donors (Lipinski definition) is 2. The van der Waals surface area contributed by atoms with Crippen LogP contribution in [0.1, 0.15) is 43.1 Å². The highest BCUT2D eigenvalue weighted by Crippen LogP contribution is 2.32. The number of imidazole rings is 1. The number of hydrogen-bond acceptors (Lipinski definition) is 4. The fourth-order valence-electron chi connectivity index (χ4n) is 4.57. The number of fused-ring (bicyclic) bond motifs is 1. The molecule has 2 N–H and O–H groups in total. The van der Waals surface area contributed by atoms with Crippen molar-refractivity contribution in [2.24, 2.45) is 5.10 Å². The van der Waals surface area contributed by atoms with Gasteiger partial charge in [0, 0.05) is 6.42 Å². The third kappa shape index (κ3) is 4.05. The smallest absolute Gasteiger partial charge is 0.298 e. The summed E-state index contributed by atoms with van der Waals surface area (Å²) in [7, 11) is 1.66. The van der Waals surface area contributed by atoms with E-state index in [0.717, 1.165) is 47.0 Å². The first kappa shape index (κ1) is 19.8. The summed E-state index contributed by atoms with van der Waals surface area (Å²) in [6, 6.07) is 15.6. The Kier molecular flexibility index (Phi) is 5.42. The van der Waals surface area contributed by atoms with E-state index < -0.39 is 0 Å². The number of aromatic amines is 1. The maximum atomic E-state index is 13.3. The number of hydrazone groups is 1. The second kappa shape index (κ2) is 8.51. The Morgan fingerprint density at radius 2 is 1.90 bits per heavy atom. The van der Waals surface area contributed by atoms with Crippen LogP contribution in [-0.2, 0) is 4.79 Å². The Morgan fingerprint density at radius 1 is 1.13 bits per heavy atom. The molecule has 31 heavy (non-hydrogen) atoms. The monoisotopic (exact) mass is 418 g/mol. The van der Waals surface area contributed by atoms with E-state index in [2.05, 4.69) is 4.98 Å². The van der Waals surface area contributed by atoms with E-state index in [0.29, 0.717) is 13.0 Å². The Hall–Kier alpha value is -3.19. The zero-order chi connectivity index (χ0) is 21.2. The molecule has 0 aliphatic carbocycles. The van der Waals surface area contributed by atoms with Crippen LogP contribution in [0.4, 0.5) is 0 Å². The number of carbonyl (C=O) groups is 1. The first-order chi connectivity index (χ1) is 15.2. The number of aromatic nitrogens is 2. The van der Waals surface area contributed by atoms with E-state index in [1.807, 2.05) is 48.5 Å². The minimum Gasteiger partial charge on any atom is -0.497 e. The van der Waals surface area contributed by atoms with Gasteiger partial charge in [0.15, 0.2) is 6.54 Å². The van der Waals surface area contributed by atoms with E-state index in [4.69, 9.17) is 14.8 Å². The number of ether oxygens (including phenoxy) is 1. The summed E-state index contributed by atoms with van der Waals surface area (Å²) in [6.07, 6.45) is 4.28. The third-order valence-electron chi connectivity index (χ3n) is 6.27. The highest BCUT2D eigenvalue weighted by Gasteiger charge is 2.36. The molecular weight excluding hydrogens is 390 g/mol. The maximum absolute atomic E-state index is 13.3. The number of H-pyrrole nitrogens is 1. The number of nitrogens with one attached hydrogen (secondary N) is 2. The molecule has 160 valence electrons. The van der Waals surface area contributed by atoms with Gasteiger partial charge < -0.3 is 14.6 Å². The zero-order valence-corrected chi connectivity index (χ0v) is 17.8. The van der Waals surface area contributed by atoms with Gasteiger partial charge in [0.25, 0.3) is 5.91 Å². The number of amides is 1. The van der Waals surface area contributed by atoms with Crippen LogP contribution in [0.25, 0.3) is 11.0 Å². The summed E-state index contributed by atoms with van der Waals surface area (Å²) in [6.45, 7) is 2.60. The van der Waals surface area contributed by atoms with Gasteiger partial charge in [-0.1, -0.05) is 12.1 Å². The van der Waals surface area contributed by atoms with Gasteiger partial charge in [0.2, 0.25) is 0 Å². The standard InChI is InChI=1S/C24H27N5O2/c1-31-18-11-9-17(10-12-18)21-15-22(24-25-19-7-3-4-8-20(19)26-24)29(27-21)23(30)16-28-13-5-2-6-14-28/h3-4,7-12,22H,2,5-6,13-16H2,1H3,(H,25,26)/p+1/t22-/m0/s1. The second-order valence-electron chi connectivity index (χ2n) is 8.36. The molecule has 1 fully saturated rings. The maximum Gasteiger partial charge on any atom is 0.298 e. The summed E-state index contributed by atoms with van der Waals surface area (Å²) >= 11 is 0. The van der Waals surface area contributed by atoms with Crippen molar-refractivity contribution in [1.82, 2.24) is 15.0 Å². The van der Waals surface area contributed by atoms with Crippen molar-refractivity contribution < 1.29 is 14.4 Å². The molecule has 1 atom stereocenters. The van der Waals surface area contributed by atoms with Crippen molar-refractivity contribution >= 4 is 22.7 Å².